The van der Waals surface area contributed by atoms with Crippen LogP contribution in [0.3, 0.4) is 0 Å². The Balaban J connectivity index is 2.56. The molecule has 1 aromatic heterocycles. The molecule has 106 valence electrons. The van der Waals surface area contributed by atoms with Crippen molar-refractivity contribution < 1.29 is 14.1 Å². The molecular weight excluding hydrogens is 246 g/mol. The van der Waals surface area contributed by atoms with Gasteiger partial charge in [-0.3, -0.25) is 14.5 Å². The number of carbonyl (C=O) groups excluding carboxylic acids is 2. The molecule has 1 rings (SSSR count). The molecule has 0 saturated carbocycles. The molecule has 1 heterocycles. The summed E-state index contributed by atoms with van der Waals surface area (Å²) in [6.07, 6.45) is 1.13. The van der Waals surface area contributed by atoms with E-state index in [1.807, 2.05) is 13.8 Å². The number of hydrogen-bond acceptors (Lipinski definition) is 4. The van der Waals surface area contributed by atoms with Crippen LogP contribution in [0.5, 0.6) is 0 Å². The molecule has 0 aliphatic rings. The summed E-state index contributed by atoms with van der Waals surface area (Å²) in [5.74, 6) is 0.845. The summed E-state index contributed by atoms with van der Waals surface area (Å²) in [5, 5.41) is 6.65. The highest BCUT2D eigenvalue weighted by Gasteiger charge is 2.17. The normalized spacial score (nSPS) is 12.0. The van der Waals surface area contributed by atoms with E-state index in [1.165, 1.54) is 11.8 Å². The second-order valence-corrected chi connectivity index (χ2v) is 4.59. The number of anilines is 1. The monoisotopic (exact) mass is 267 g/mol. The van der Waals surface area contributed by atoms with Gasteiger partial charge in [0.05, 0.1) is 0 Å². The van der Waals surface area contributed by atoms with E-state index >= 15 is 0 Å². The summed E-state index contributed by atoms with van der Waals surface area (Å²) in [6.45, 7) is 7.44. The molecule has 6 nitrogen and oxygen atoms in total. The van der Waals surface area contributed by atoms with Crippen LogP contribution < -0.4 is 10.2 Å². The van der Waals surface area contributed by atoms with Gasteiger partial charge in [0, 0.05) is 32.0 Å². The fourth-order valence-corrected chi connectivity index (χ4v) is 1.58. The lowest BCUT2D eigenvalue weighted by molar-refractivity contribution is -0.121. The van der Waals surface area contributed by atoms with E-state index in [9.17, 15) is 9.59 Å². The summed E-state index contributed by atoms with van der Waals surface area (Å²) in [5.41, 5.74) is 0. The zero-order chi connectivity index (χ0) is 14.4. The third-order valence-corrected chi connectivity index (χ3v) is 2.85. The maximum absolute atomic E-state index is 11.7. The first-order valence-electron chi connectivity index (χ1n) is 6.44. The van der Waals surface area contributed by atoms with E-state index in [-0.39, 0.29) is 24.3 Å². The van der Waals surface area contributed by atoms with E-state index < -0.39 is 0 Å². The molecule has 6 heteroatoms. The number of carbonyl (C=O) groups is 2. The zero-order valence-corrected chi connectivity index (χ0v) is 11.9. The van der Waals surface area contributed by atoms with Crippen molar-refractivity contribution in [1.29, 1.82) is 0 Å². The third kappa shape index (κ3) is 4.73. The second kappa shape index (κ2) is 6.92. The van der Waals surface area contributed by atoms with Crippen LogP contribution in [0.2, 0.25) is 0 Å². The standard InChI is InChI=1S/C13H21N3O3/c1-5-9(2)14-13(18)6-7-16(11(4)17)12-8-10(3)19-15-12/h8-9H,5-7H2,1-4H3,(H,14,18). The Morgan fingerprint density at radius 3 is 2.68 bits per heavy atom. The number of aryl methyl sites for hydroxylation is 1. The van der Waals surface area contributed by atoms with Gasteiger partial charge >= 0.3 is 0 Å². The molecule has 0 bridgehead atoms. The van der Waals surface area contributed by atoms with Gasteiger partial charge in [-0.2, -0.15) is 0 Å². The molecular formula is C13H21N3O3. The van der Waals surface area contributed by atoms with E-state index in [2.05, 4.69) is 10.5 Å². The molecule has 19 heavy (non-hydrogen) atoms. The quantitative estimate of drug-likeness (QED) is 0.850. The minimum Gasteiger partial charge on any atom is -0.360 e. The van der Waals surface area contributed by atoms with Crippen LogP contribution in [-0.4, -0.2) is 29.6 Å². The lowest BCUT2D eigenvalue weighted by atomic mass is 10.2. The molecule has 0 aliphatic heterocycles. The average molecular weight is 267 g/mol. The second-order valence-electron chi connectivity index (χ2n) is 4.59. The Kier molecular flexibility index (Phi) is 5.54. The molecule has 2 amide bonds. The first-order chi connectivity index (χ1) is 8.93. The molecule has 0 aliphatic carbocycles. The molecule has 0 aromatic carbocycles. The van der Waals surface area contributed by atoms with E-state index in [1.54, 1.807) is 13.0 Å². The highest BCUT2D eigenvalue weighted by atomic mass is 16.5. The van der Waals surface area contributed by atoms with Gasteiger partial charge < -0.3 is 9.84 Å². The van der Waals surface area contributed by atoms with Crippen molar-refractivity contribution in [3.63, 3.8) is 0 Å². The topological polar surface area (TPSA) is 75.4 Å². The minimum atomic E-state index is -0.162. The van der Waals surface area contributed by atoms with Crippen molar-refractivity contribution in [3.8, 4) is 0 Å². The van der Waals surface area contributed by atoms with Crippen LogP contribution in [0, 0.1) is 6.92 Å². The van der Waals surface area contributed by atoms with Crippen molar-refractivity contribution in [1.82, 2.24) is 10.5 Å². The predicted molar refractivity (Wildman–Crippen MR) is 71.8 cm³/mol. The first kappa shape index (κ1) is 15.2. The molecule has 0 saturated heterocycles. The van der Waals surface area contributed by atoms with Gasteiger partial charge in [-0.05, 0) is 20.3 Å². The van der Waals surface area contributed by atoms with E-state index in [4.69, 9.17) is 4.52 Å². The van der Waals surface area contributed by atoms with Crippen LogP contribution in [0.1, 0.15) is 39.4 Å². The van der Waals surface area contributed by atoms with Gasteiger partial charge in [-0.15, -0.1) is 0 Å². The molecule has 1 unspecified atom stereocenters. The largest absolute Gasteiger partial charge is 0.360 e. The van der Waals surface area contributed by atoms with Crippen LogP contribution in [0.4, 0.5) is 5.82 Å². The molecule has 1 atom stereocenters. The Morgan fingerprint density at radius 2 is 2.21 bits per heavy atom. The molecule has 0 fully saturated rings. The molecule has 0 radical (unpaired) electrons. The van der Waals surface area contributed by atoms with Gasteiger partial charge in [0.15, 0.2) is 5.82 Å². The zero-order valence-electron chi connectivity index (χ0n) is 11.9. The Morgan fingerprint density at radius 1 is 1.53 bits per heavy atom. The van der Waals surface area contributed by atoms with Gasteiger partial charge in [0.2, 0.25) is 11.8 Å². The van der Waals surface area contributed by atoms with Crippen LogP contribution in [0.15, 0.2) is 10.6 Å². The lowest BCUT2D eigenvalue weighted by Crippen LogP contribution is -2.37. The number of nitrogens with zero attached hydrogens (tertiary/aromatic N) is 2. The molecule has 1 aromatic rings. The maximum Gasteiger partial charge on any atom is 0.225 e. The Hall–Kier alpha value is -1.85. The van der Waals surface area contributed by atoms with Crippen LogP contribution >= 0.6 is 0 Å². The number of hydrogen-bond donors (Lipinski definition) is 1. The summed E-state index contributed by atoms with van der Waals surface area (Å²) < 4.78 is 4.94. The number of aromatic nitrogens is 1. The number of nitrogens with one attached hydrogen (secondary N) is 1. The fraction of sp³-hybridized carbons (Fsp3) is 0.615. The van der Waals surface area contributed by atoms with Crippen molar-refractivity contribution in [2.24, 2.45) is 0 Å². The maximum atomic E-state index is 11.7. The highest BCUT2D eigenvalue weighted by molar-refractivity contribution is 5.91. The van der Waals surface area contributed by atoms with Gasteiger partial charge in [-0.25, -0.2) is 0 Å². The summed E-state index contributed by atoms with van der Waals surface area (Å²) in [7, 11) is 0. The van der Waals surface area contributed by atoms with Gasteiger partial charge in [0.25, 0.3) is 0 Å². The summed E-state index contributed by atoms with van der Waals surface area (Å²) in [4.78, 5) is 24.7. The molecule has 1 N–H and O–H groups in total. The Labute approximate surface area is 113 Å². The van der Waals surface area contributed by atoms with E-state index in [0.29, 0.717) is 18.1 Å². The van der Waals surface area contributed by atoms with Crippen LogP contribution in [0.25, 0.3) is 0 Å². The van der Waals surface area contributed by atoms with Crippen LogP contribution in [-0.2, 0) is 9.59 Å². The minimum absolute atomic E-state index is 0.0687. The van der Waals surface area contributed by atoms with Crippen molar-refractivity contribution >= 4 is 17.6 Å². The number of amides is 2. The van der Waals surface area contributed by atoms with Crippen molar-refractivity contribution in [2.45, 2.75) is 46.6 Å². The smallest absolute Gasteiger partial charge is 0.225 e. The average Bonchev–Trinajstić information content (AvgIpc) is 2.75. The summed E-state index contributed by atoms with van der Waals surface area (Å²) in [6, 6.07) is 1.82. The Bertz CT molecular complexity index is 442. The van der Waals surface area contributed by atoms with Crippen molar-refractivity contribution in [3.05, 3.63) is 11.8 Å². The SMILES string of the molecule is CCC(C)NC(=O)CCN(C(C)=O)c1cc(C)on1. The van der Waals surface area contributed by atoms with E-state index in [0.717, 1.165) is 6.42 Å². The third-order valence-electron chi connectivity index (χ3n) is 2.85. The fourth-order valence-electron chi connectivity index (χ4n) is 1.58. The number of rotatable bonds is 6. The van der Waals surface area contributed by atoms with Gasteiger partial charge in [0.1, 0.15) is 5.76 Å². The molecule has 0 spiro atoms. The summed E-state index contributed by atoms with van der Waals surface area (Å²) >= 11 is 0. The van der Waals surface area contributed by atoms with Crippen molar-refractivity contribution in [2.75, 3.05) is 11.4 Å². The first-order valence-corrected chi connectivity index (χ1v) is 6.44. The lowest BCUT2D eigenvalue weighted by Gasteiger charge is -2.18. The van der Waals surface area contributed by atoms with Gasteiger partial charge in [-0.1, -0.05) is 12.1 Å². The predicted octanol–water partition coefficient (Wildman–Crippen LogP) is 1.64. The highest BCUT2D eigenvalue weighted by Crippen LogP contribution is 2.14.